The summed E-state index contributed by atoms with van der Waals surface area (Å²) in [6.07, 6.45) is -0.716. The highest BCUT2D eigenvalue weighted by molar-refractivity contribution is 5.93. The quantitative estimate of drug-likeness (QED) is 0.528. The molecule has 0 fully saturated rings. The second-order valence-electron chi connectivity index (χ2n) is 8.35. The van der Waals surface area contributed by atoms with Gasteiger partial charge in [0.15, 0.2) is 0 Å². The van der Waals surface area contributed by atoms with Gasteiger partial charge in [-0.15, -0.1) is 0 Å². The second kappa shape index (κ2) is 10.9. The molecule has 0 radical (unpaired) electrons. The van der Waals surface area contributed by atoms with Gasteiger partial charge in [0.1, 0.15) is 23.7 Å². The number of alkyl carbamates (subject to hydrolysis) is 1. The molecule has 162 valence electrons. The van der Waals surface area contributed by atoms with Gasteiger partial charge in [-0.1, -0.05) is 27.7 Å². The smallest absolute Gasteiger partial charge is 0.408 e. The van der Waals surface area contributed by atoms with Crippen LogP contribution in [0, 0.1) is 11.8 Å². The number of esters is 1. The van der Waals surface area contributed by atoms with Crippen LogP contribution in [0.25, 0.3) is 0 Å². The Labute approximate surface area is 167 Å². The summed E-state index contributed by atoms with van der Waals surface area (Å²) in [4.78, 5) is 48.8. The lowest BCUT2D eigenvalue weighted by molar-refractivity contribution is -0.145. The molecule has 3 atom stereocenters. The van der Waals surface area contributed by atoms with Crippen LogP contribution >= 0.6 is 0 Å². The van der Waals surface area contributed by atoms with Crippen molar-refractivity contribution in [3.05, 3.63) is 0 Å². The van der Waals surface area contributed by atoms with E-state index in [4.69, 9.17) is 4.74 Å². The molecule has 9 heteroatoms. The Morgan fingerprint density at radius 2 is 1.18 bits per heavy atom. The van der Waals surface area contributed by atoms with E-state index >= 15 is 0 Å². The molecule has 28 heavy (non-hydrogen) atoms. The molecule has 0 unspecified atom stereocenters. The Kier molecular flexibility index (Phi) is 9.97. The number of amides is 3. The minimum Gasteiger partial charge on any atom is -0.467 e. The number of carbonyl (C=O) groups excluding carboxylic acids is 4. The normalized spacial score (nSPS) is 14.7. The maximum atomic E-state index is 12.7. The summed E-state index contributed by atoms with van der Waals surface area (Å²) in [5.74, 6) is -2.10. The van der Waals surface area contributed by atoms with E-state index in [-0.39, 0.29) is 11.8 Å². The van der Waals surface area contributed by atoms with E-state index < -0.39 is 47.6 Å². The van der Waals surface area contributed by atoms with Gasteiger partial charge in [-0.25, -0.2) is 9.59 Å². The summed E-state index contributed by atoms with van der Waals surface area (Å²) in [5, 5.41) is 7.72. The molecule has 0 aliphatic rings. The molecule has 0 aromatic rings. The van der Waals surface area contributed by atoms with Crippen LogP contribution in [0.1, 0.15) is 55.4 Å². The van der Waals surface area contributed by atoms with Crippen molar-refractivity contribution in [1.29, 1.82) is 0 Å². The highest BCUT2D eigenvalue weighted by Crippen LogP contribution is 2.10. The number of hydrogen-bond acceptors (Lipinski definition) is 6. The van der Waals surface area contributed by atoms with Crippen LogP contribution in [0.2, 0.25) is 0 Å². The largest absolute Gasteiger partial charge is 0.467 e. The van der Waals surface area contributed by atoms with E-state index in [2.05, 4.69) is 20.7 Å². The number of nitrogens with one attached hydrogen (secondary N) is 3. The third kappa shape index (κ3) is 9.05. The van der Waals surface area contributed by atoms with E-state index in [9.17, 15) is 19.2 Å². The van der Waals surface area contributed by atoms with E-state index in [1.54, 1.807) is 48.5 Å². The zero-order chi connectivity index (χ0) is 22.2. The molecular formula is C19H35N3O6. The van der Waals surface area contributed by atoms with Gasteiger partial charge in [-0.05, 0) is 39.5 Å². The van der Waals surface area contributed by atoms with Crippen molar-refractivity contribution in [3.63, 3.8) is 0 Å². The number of methoxy groups -OCH3 is 1. The fourth-order valence-corrected chi connectivity index (χ4v) is 2.29. The van der Waals surface area contributed by atoms with Crippen molar-refractivity contribution in [2.75, 3.05) is 7.11 Å². The second-order valence-corrected chi connectivity index (χ2v) is 8.35. The molecule has 0 saturated heterocycles. The molecule has 0 aromatic heterocycles. The molecule has 0 bridgehead atoms. The summed E-state index contributed by atoms with van der Waals surface area (Å²) >= 11 is 0. The van der Waals surface area contributed by atoms with Gasteiger partial charge in [0, 0.05) is 0 Å². The van der Waals surface area contributed by atoms with Crippen LogP contribution in [0.5, 0.6) is 0 Å². The van der Waals surface area contributed by atoms with Crippen molar-refractivity contribution in [2.45, 2.75) is 79.1 Å². The summed E-state index contributed by atoms with van der Waals surface area (Å²) in [6.45, 7) is 13.7. The van der Waals surface area contributed by atoms with Crippen molar-refractivity contribution >= 4 is 23.9 Å². The Morgan fingerprint density at radius 1 is 0.750 bits per heavy atom. The van der Waals surface area contributed by atoms with E-state index in [0.717, 1.165) is 0 Å². The predicted molar refractivity (Wildman–Crippen MR) is 104 cm³/mol. The fraction of sp³-hybridized carbons (Fsp3) is 0.789. The van der Waals surface area contributed by atoms with Gasteiger partial charge in [0.2, 0.25) is 11.8 Å². The van der Waals surface area contributed by atoms with Crippen LogP contribution < -0.4 is 16.0 Å². The fourth-order valence-electron chi connectivity index (χ4n) is 2.29. The standard InChI is InChI=1S/C19H35N3O6/c1-10(2)13(15(23)20-12(5)17(25)27-9)21-16(24)14(11(3)4)22-18(26)28-19(6,7)8/h10-14H,1-9H3,(H,20,23)(H,21,24)(H,22,26)/t12-,13-,14-/m0/s1. The minimum atomic E-state index is -0.888. The first-order valence-electron chi connectivity index (χ1n) is 9.37. The van der Waals surface area contributed by atoms with Crippen molar-refractivity contribution in [3.8, 4) is 0 Å². The van der Waals surface area contributed by atoms with Crippen LogP contribution in [-0.2, 0) is 23.9 Å². The van der Waals surface area contributed by atoms with E-state index in [1.807, 2.05) is 0 Å². The van der Waals surface area contributed by atoms with Crippen molar-refractivity contribution < 1.29 is 28.7 Å². The molecule has 0 rings (SSSR count). The average molecular weight is 402 g/mol. The van der Waals surface area contributed by atoms with Crippen LogP contribution in [0.4, 0.5) is 4.79 Å². The molecule has 0 aromatic carbocycles. The zero-order valence-electron chi connectivity index (χ0n) is 18.3. The van der Waals surface area contributed by atoms with Crippen LogP contribution in [-0.4, -0.2) is 54.7 Å². The highest BCUT2D eigenvalue weighted by atomic mass is 16.6. The summed E-state index contributed by atoms with van der Waals surface area (Å²) in [5.41, 5.74) is -0.702. The van der Waals surface area contributed by atoms with Crippen molar-refractivity contribution in [1.82, 2.24) is 16.0 Å². The lowest BCUT2D eigenvalue weighted by Gasteiger charge is -2.28. The Morgan fingerprint density at radius 3 is 1.57 bits per heavy atom. The molecule has 0 aliphatic heterocycles. The SMILES string of the molecule is COC(=O)[C@H](C)NC(=O)[C@@H](NC(=O)[C@@H](NC(=O)OC(C)(C)C)C(C)C)C(C)C. The van der Waals surface area contributed by atoms with Gasteiger partial charge in [0.05, 0.1) is 7.11 Å². The monoisotopic (exact) mass is 401 g/mol. The maximum Gasteiger partial charge on any atom is 0.408 e. The molecule has 0 saturated carbocycles. The molecule has 0 spiro atoms. The minimum absolute atomic E-state index is 0.239. The highest BCUT2D eigenvalue weighted by Gasteiger charge is 2.32. The summed E-state index contributed by atoms with van der Waals surface area (Å²) < 4.78 is 9.78. The van der Waals surface area contributed by atoms with E-state index in [1.165, 1.54) is 14.0 Å². The predicted octanol–water partition coefficient (Wildman–Crippen LogP) is 1.35. The molecule has 9 nitrogen and oxygen atoms in total. The third-order valence-electron chi connectivity index (χ3n) is 3.78. The zero-order valence-corrected chi connectivity index (χ0v) is 18.3. The molecule has 0 heterocycles. The van der Waals surface area contributed by atoms with Gasteiger partial charge in [-0.2, -0.15) is 0 Å². The van der Waals surface area contributed by atoms with Crippen LogP contribution in [0.3, 0.4) is 0 Å². The molecule has 3 amide bonds. The van der Waals surface area contributed by atoms with Gasteiger partial charge in [0.25, 0.3) is 0 Å². The summed E-state index contributed by atoms with van der Waals surface area (Å²) in [6, 6.07) is -2.63. The summed E-state index contributed by atoms with van der Waals surface area (Å²) in [7, 11) is 1.22. The topological polar surface area (TPSA) is 123 Å². The molecule has 3 N–H and O–H groups in total. The van der Waals surface area contributed by atoms with Gasteiger partial charge in [-0.3, -0.25) is 9.59 Å². The number of carbonyl (C=O) groups is 4. The first-order chi connectivity index (χ1) is 12.7. The van der Waals surface area contributed by atoms with Gasteiger partial charge >= 0.3 is 12.1 Å². The maximum absolute atomic E-state index is 12.7. The lowest BCUT2D eigenvalue weighted by atomic mass is 9.99. The first-order valence-corrected chi connectivity index (χ1v) is 9.37. The lowest BCUT2D eigenvalue weighted by Crippen LogP contribution is -2.58. The molecule has 0 aliphatic carbocycles. The number of hydrogen-bond donors (Lipinski definition) is 3. The number of rotatable bonds is 8. The molecular weight excluding hydrogens is 366 g/mol. The Bertz CT molecular complexity index is 569. The van der Waals surface area contributed by atoms with Gasteiger partial charge < -0.3 is 25.4 Å². The Balaban J connectivity index is 5.19. The van der Waals surface area contributed by atoms with Crippen LogP contribution in [0.15, 0.2) is 0 Å². The van der Waals surface area contributed by atoms with E-state index in [0.29, 0.717) is 0 Å². The first kappa shape index (κ1) is 25.7. The average Bonchev–Trinajstić information content (AvgIpc) is 2.53. The number of ether oxygens (including phenoxy) is 2. The Hall–Kier alpha value is -2.32. The third-order valence-corrected chi connectivity index (χ3v) is 3.78. The van der Waals surface area contributed by atoms with Crippen molar-refractivity contribution in [2.24, 2.45) is 11.8 Å².